The lowest BCUT2D eigenvalue weighted by atomic mass is 9.48. The Labute approximate surface area is 173 Å². The molecule has 4 aliphatic rings. The smallest absolute Gasteiger partial charge is 0.139 e. The molecule has 160 valence electrons. The first-order valence-electron chi connectivity index (χ1n) is 12.0. The molecule has 3 unspecified atom stereocenters. The molecule has 4 rings (SSSR count). The summed E-state index contributed by atoms with van der Waals surface area (Å²) in [6, 6.07) is 0. The van der Waals surface area contributed by atoms with Gasteiger partial charge >= 0.3 is 0 Å². The third kappa shape index (κ3) is 3.86. The van der Waals surface area contributed by atoms with Gasteiger partial charge in [-0.3, -0.25) is 4.79 Å². The highest BCUT2D eigenvalue weighted by Gasteiger charge is 2.58. The van der Waals surface area contributed by atoms with Crippen LogP contribution in [-0.2, 0) is 4.79 Å². The Kier molecular flexibility index (Phi) is 7.08. The Hall–Kier alpha value is -0.670. The fourth-order valence-corrected chi connectivity index (χ4v) is 7.15. The van der Waals surface area contributed by atoms with E-state index in [4.69, 9.17) is 5.11 Å². The van der Waals surface area contributed by atoms with Crippen LogP contribution >= 0.6 is 0 Å². The molecule has 3 heteroatoms. The molecule has 0 aromatic carbocycles. The highest BCUT2D eigenvalue weighted by atomic mass is 16.3. The number of rotatable bonds is 4. The molecule has 0 aromatic heterocycles. The van der Waals surface area contributed by atoms with E-state index in [0.29, 0.717) is 17.1 Å². The second-order valence-electron chi connectivity index (χ2n) is 10.1. The van der Waals surface area contributed by atoms with Gasteiger partial charge in [-0.05, 0) is 81.2 Å². The van der Waals surface area contributed by atoms with Gasteiger partial charge in [-0.15, -0.1) is 0 Å². The molecule has 1 N–H and O–H groups in total. The third-order valence-electron chi connectivity index (χ3n) is 9.04. The largest absolute Gasteiger partial charge is 0.395 e. The molecule has 3 nitrogen and oxygen atoms in total. The number of hydrogen-bond donors (Lipinski definition) is 1. The molecule has 0 bridgehead atoms. The molecule has 28 heavy (non-hydrogen) atoms. The van der Waals surface area contributed by atoms with Gasteiger partial charge in [0, 0.05) is 18.4 Å². The zero-order valence-electron chi connectivity index (χ0n) is 18.8. The van der Waals surface area contributed by atoms with Gasteiger partial charge in [-0.1, -0.05) is 45.8 Å². The normalized spacial score (nSPS) is 39.4. The lowest BCUT2D eigenvalue weighted by Crippen LogP contribution is -2.49. The van der Waals surface area contributed by atoms with Crippen LogP contribution in [0.5, 0.6) is 0 Å². The highest BCUT2D eigenvalue weighted by Crippen LogP contribution is 2.63. The van der Waals surface area contributed by atoms with Crippen molar-refractivity contribution in [3.05, 3.63) is 11.6 Å². The first kappa shape index (κ1) is 22.0. The zero-order chi connectivity index (χ0) is 20.4. The van der Waals surface area contributed by atoms with Gasteiger partial charge in [-0.2, -0.15) is 0 Å². The minimum absolute atomic E-state index is 0.0392. The molecular weight excluding hydrogens is 346 g/mol. The molecule has 0 spiro atoms. The van der Waals surface area contributed by atoms with E-state index in [1.807, 2.05) is 0 Å². The van der Waals surface area contributed by atoms with Gasteiger partial charge in [0.2, 0.25) is 0 Å². The topological polar surface area (TPSA) is 40.5 Å². The molecule has 0 aromatic rings. The van der Waals surface area contributed by atoms with Crippen LogP contribution in [-0.4, -0.2) is 42.0 Å². The van der Waals surface area contributed by atoms with Crippen molar-refractivity contribution in [2.75, 3.05) is 26.2 Å². The van der Waals surface area contributed by atoms with Crippen LogP contribution in [0.1, 0.15) is 85.5 Å². The molecule has 3 fully saturated rings. The number of nitrogens with zero attached hydrogens (tertiary/aromatic N) is 1. The molecule has 4 aliphatic carbocycles. The third-order valence-corrected chi connectivity index (χ3v) is 9.04. The Bertz CT molecular complexity index is 581. The van der Waals surface area contributed by atoms with Crippen LogP contribution in [0.25, 0.3) is 0 Å². The molecule has 0 heterocycles. The van der Waals surface area contributed by atoms with Crippen LogP contribution in [0.3, 0.4) is 0 Å². The fraction of sp³-hybridized carbons (Fsp3) is 0.880. The van der Waals surface area contributed by atoms with E-state index in [1.54, 1.807) is 5.57 Å². The molecule has 5 atom stereocenters. The van der Waals surface area contributed by atoms with Crippen LogP contribution in [0.4, 0.5) is 0 Å². The summed E-state index contributed by atoms with van der Waals surface area (Å²) in [5.74, 6) is 2.92. The first-order valence-corrected chi connectivity index (χ1v) is 12.0. The maximum atomic E-state index is 12.4. The number of likely N-dealkylation sites (N-methyl/N-ethyl adjacent to an activating group) is 1. The Morgan fingerprint density at radius 3 is 2.39 bits per heavy atom. The average molecular weight is 390 g/mol. The van der Waals surface area contributed by atoms with Crippen molar-refractivity contribution in [1.82, 2.24) is 4.90 Å². The molecule has 0 radical (unpaired) electrons. The van der Waals surface area contributed by atoms with E-state index < -0.39 is 0 Å². The second-order valence-corrected chi connectivity index (χ2v) is 10.1. The van der Waals surface area contributed by atoms with Crippen molar-refractivity contribution in [3.8, 4) is 0 Å². The fourth-order valence-electron chi connectivity index (χ4n) is 7.15. The Balaban J connectivity index is 0.000000242. The number of carbonyl (C=O) groups is 1. The quantitative estimate of drug-likeness (QED) is 0.669. The lowest BCUT2D eigenvalue weighted by Gasteiger charge is -2.56. The van der Waals surface area contributed by atoms with Gasteiger partial charge in [0.05, 0.1) is 6.61 Å². The van der Waals surface area contributed by atoms with Crippen LogP contribution in [0, 0.1) is 28.6 Å². The van der Waals surface area contributed by atoms with Gasteiger partial charge in [-0.25, -0.2) is 0 Å². The number of carbonyl (C=O) groups excluding carboxylic acids is 1. The summed E-state index contributed by atoms with van der Waals surface area (Å²) in [5, 5.41) is 8.46. The van der Waals surface area contributed by atoms with Crippen molar-refractivity contribution < 1.29 is 9.90 Å². The minimum Gasteiger partial charge on any atom is -0.395 e. The molecule has 0 amide bonds. The Morgan fingerprint density at radius 1 is 1.04 bits per heavy atom. The zero-order valence-corrected chi connectivity index (χ0v) is 18.8. The minimum atomic E-state index is 0.0392. The van der Waals surface area contributed by atoms with Gasteiger partial charge in [0.15, 0.2) is 0 Å². The monoisotopic (exact) mass is 389 g/mol. The van der Waals surface area contributed by atoms with Crippen LogP contribution < -0.4 is 0 Å². The van der Waals surface area contributed by atoms with E-state index in [0.717, 1.165) is 37.9 Å². The second kappa shape index (κ2) is 9.00. The maximum Gasteiger partial charge on any atom is 0.139 e. The van der Waals surface area contributed by atoms with Crippen molar-refractivity contribution in [1.29, 1.82) is 0 Å². The van der Waals surface area contributed by atoms with Gasteiger partial charge in [0.25, 0.3) is 0 Å². The average Bonchev–Trinajstić information content (AvgIpc) is 3.01. The van der Waals surface area contributed by atoms with Crippen molar-refractivity contribution in [2.45, 2.75) is 85.5 Å². The van der Waals surface area contributed by atoms with E-state index in [-0.39, 0.29) is 12.0 Å². The summed E-state index contributed by atoms with van der Waals surface area (Å²) >= 11 is 0. The summed E-state index contributed by atoms with van der Waals surface area (Å²) in [5.41, 5.74) is 2.30. The SMILES string of the molecule is CCN(CC)CCO.C[C@]12CCCCC1=CCC1C2CC[C@]2(C)C(=O)CCC12. The molecule has 3 saturated carbocycles. The Morgan fingerprint density at radius 2 is 1.75 bits per heavy atom. The number of ketones is 1. The summed E-state index contributed by atoms with van der Waals surface area (Å²) in [6.45, 7) is 12.2. The van der Waals surface area contributed by atoms with E-state index in [1.165, 1.54) is 51.4 Å². The number of fused-ring (bicyclic) bond motifs is 5. The van der Waals surface area contributed by atoms with Gasteiger partial charge < -0.3 is 10.0 Å². The van der Waals surface area contributed by atoms with Crippen LogP contribution in [0.2, 0.25) is 0 Å². The predicted molar refractivity (Wildman–Crippen MR) is 116 cm³/mol. The summed E-state index contributed by atoms with van der Waals surface area (Å²) < 4.78 is 0. The number of allylic oxidation sites excluding steroid dienone is 2. The number of aliphatic hydroxyl groups excluding tert-OH is 1. The molecule has 0 aliphatic heterocycles. The van der Waals surface area contributed by atoms with E-state index in [9.17, 15) is 4.79 Å². The van der Waals surface area contributed by atoms with Crippen molar-refractivity contribution in [3.63, 3.8) is 0 Å². The van der Waals surface area contributed by atoms with Crippen molar-refractivity contribution >= 4 is 5.78 Å². The van der Waals surface area contributed by atoms with Crippen LogP contribution in [0.15, 0.2) is 11.6 Å². The lowest BCUT2D eigenvalue weighted by molar-refractivity contribution is -0.131. The number of aliphatic hydroxyl groups is 1. The maximum absolute atomic E-state index is 12.4. The predicted octanol–water partition coefficient (Wildman–Crippen LogP) is 5.23. The van der Waals surface area contributed by atoms with E-state index in [2.05, 4.69) is 38.7 Å². The summed E-state index contributed by atoms with van der Waals surface area (Å²) in [4.78, 5) is 14.5. The molecule has 0 saturated heterocycles. The number of hydrogen-bond acceptors (Lipinski definition) is 3. The summed E-state index contributed by atoms with van der Waals surface area (Å²) in [7, 11) is 0. The number of Topliss-reactive ketones (excluding diaryl/α,β-unsaturated/α-hetero) is 1. The van der Waals surface area contributed by atoms with Gasteiger partial charge in [0.1, 0.15) is 5.78 Å². The van der Waals surface area contributed by atoms with Crippen molar-refractivity contribution in [2.24, 2.45) is 28.6 Å². The molecular formula is C25H43NO2. The highest BCUT2D eigenvalue weighted by molar-refractivity contribution is 5.87. The standard InChI is InChI=1S/C19H28O.C6H15NO/c1-18-11-4-3-5-13(18)6-7-14-15-8-9-17(20)19(15,2)12-10-16(14)18;1-3-7(4-2)5-6-8/h6,14-16H,3-5,7-12H2,1-2H3;8H,3-6H2,1-2H3/t14?,15?,16?,18-,19-;/m0./s1. The first-order chi connectivity index (χ1) is 13.4. The van der Waals surface area contributed by atoms with E-state index >= 15 is 0 Å². The summed E-state index contributed by atoms with van der Waals surface area (Å²) in [6.07, 6.45) is 13.9.